The molecular formula is C13H24N2O. The first-order valence-electron chi connectivity index (χ1n) is 6.29. The molecule has 0 aromatic carbocycles. The molecule has 1 aliphatic heterocycles. The summed E-state index contributed by atoms with van der Waals surface area (Å²) in [7, 11) is 1.84. The van der Waals surface area contributed by atoms with Crippen molar-refractivity contribution in [1.82, 2.24) is 10.2 Å². The van der Waals surface area contributed by atoms with Crippen LogP contribution in [0.25, 0.3) is 0 Å². The van der Waals surface area contributed by atoms with E-state index in [9.17, 15) is 4.79 Å². The van der Waals surface area contributed by atoms with Crippen molar-refractivity contribution in [2.24, 2.45) is 10.8 Å². The first kappa shape index (κ1) is 11.9. The molecule has 92 valence electrons. The van der Waals surface area contributed by atoms with Crippen molar-refractivity contribution < 1.29 is 4.79 Å². The highest BCUT2D eigenvalue weighted by molar-refractivity contribution is 5.79. The fraction of sp³-hybridized carbons (Fsp3) is 0.923. The van der Waals surface area contributed by atoms with Crippen LogP contribution in [0.3, 0.4) is 0 Å². The van der Waals surface area contributed by atoms with E-state index in [1.165, 1.54) is 12.8 Å². The van der Waals surface area contributed by atoms with Gasteiger partial charge in [0.1, 0.15) is 0 Å². The Balaban J connectivity index is 2.13. The Morgan fingerprint density at radius 3 is 2.69 bits per heavy atom. The molecule has 2 aliphatic rings. The first-order chi connectivity index (χ1) is 7.35. The van der Waals surface area contributed by atoms with Crippen molar-refractivity contribution in [2.75, 3.05) is 20.1 Å². The van der Waals surface area contributed by atoms with Crippen molar-refractivity contribution in [1.29, 1.82) is 0 Å². The molecule has 0 radical (unpaired) electrons. The highest BCUT2D eigenvalue weighted by Crippen LogP contribution is 2.52. The van der Waals surface area contributed by atoms with E-state index >= 15 is 0 Å². The zero-order valence-electron chi connectivity index (χ0n) is 11.0. The molecule has 2 rings (SSSR count). The fourth-order valence-electron chi connectivity index (χ4n) is 4.00. The van der Waals surface area contributed by atoms with Crippen molar-refractivity contribution >= 4 is 5.91 Å². The van der Waals surface area contributed by atoms with Crippen LogP contribution in [-0.4, -0.2) is 37.0 Å². The van der Waals surface area contributed by atoms with Crippen LogP contribution in [0, 0.1) is 10.8 Å². The summed E-state index contributed by atoms with van der Waals surface area (Å²) in [4.78, 5) is 14.1. The van der Waals surface area contributed by atoms with Crippen molar-refractivity contribution in [3.8, 4) is 0 Å². The summed E-state index contributed by atoms with van der Waals surface area (Å²) in [6, 6.07) is 0.481. The molecule has 1 aliphatic carbocycles. The average molecular weight is 224 g/mol. The molecule has 1 saturated carbocycles. The quantitative estimate of drug-likeness (QED) is 0.773. The van der Waals surface area contributed by atoms with Gasteiger partial charge in [0, 0.05) is 12.6 Å². The van der Waals surface area contributed by atoms with Crippen LogP contribution in [-0.2, 0) is 4.79 Å². The topological polar surface area (TPSA) is 32.3 Å². The molecule has 3 nitrogen and oxygen atoms in total. The van der Waals surface area contributed by atoms with Crippen LogP contribution in [0.5, 0.6) is 0 Å². The lowest BCUT2D eigenvalue weighted by Crippen LogP contribution is -2.41. The van der Waals surface area contributed by atoms with Gasteiger partial charge in [-0.15, -0.1) is 0 Å². The molecule has 1 amide bonds. The van der Waals surface area contributed by atoms with Crippen molar-refractivity contribution in [3.63, 3.8) is 0 Å². The summed E-state index contributed by atoms with van der Waals surface area (Å²) in [5, 5.41) is 2.97. The number of hydrogen-bond donors (Lipinski definition) is 1. The molecule has 1 saturated heterocycles. The second-order valence-corrected chi connectivity index (χ2v) is 6.77. The average Bonchev–Trinajstić information content (AvgIpc) is 2.35. The molecule has 2 fully saturated rings. The van der Waals surface area contributed by atoms with Crippen molar-refractivity contribution in [2.45, 2.75) is 46.1 Å². The van der Waals surface area contributed by atoms with Crippen LogP contribution in [0.1, 0.15) is 40.0 Å². The number of likely N-dealkylation sites (N-methyl/N-ethyl adjacent to an activating group) is 1. The first-order valence-corrected chi connectivity index (χ1v) is 6.29. The number of amides is 1. The molecule has 2 unspecified atom stereocenters. The second kappa shape index (κ2) is 3.73. The van der Waals surface area contributed by atoms with Gasteiger partial charge in [0.25, 0.3) is 0 Å². The zero-order chi connectivity index (χ0) is 12.0. The lowest BCUT2D eigenvalue weighted by molar-refractivity contribution is -0.131. The Bertz CT molecular complexity index is 300. The van der Waals surface area contributed by atoms with Gasteiger partial charge in [-0.05, 0) is 37.1 Å². The summed E-state index contributed by atoms with van der Waals surface area (Å²) >= 11 is 0. The third-order valence-corrected chi connectivity index (χ3v) is 4.06. The lowest BCUT2D eigenvalue weighted by atomic mass is 9.65. The molecule has 16 heavy (non-hydrogen) atoms. The summed E-state index contributed by atoms with van der Waals surface area (Å²) in [6.45, 7) is 8.45. The SMILES string of the molecule is CNCC(=O)N1CC2(C)CC1CC(C)(C)C2. The van der Waals surface area contributed by atoms with Crippen LogP contribution >= 0.6 is 0 Å². The number of fused-ring (bicyclic) bond motifs is 2. The lowest BCUT2D eigenvalue weighted by Gasteiger charge is -2.39. The predicted octanol–water partition coefficient (Wildman–Crippen LogP) is 1.63. The second-order valence-electron chi connectivity index (χ2n) is 6.77. The number of likely N-dealkylation sites (tertiary alicyclic amines) is 1. The third kappa shape index (κ3) is 2.10. The minimum absolute atomic E-state index is 0.272. The Hall–Kier alpha value is -0.570. The summed E-state index contributed by atoms with van der Waals surface area (Å²) in [5.41, 5.74) is 0.752. The number of carbonyl (C=O) groups excluding carboxylic acids is 1. The molecule has 2 bridgehead atoms. The summed E-state index contributed by atoms with van der Waals surface area (Å²) < 4.78 is 0. The number of carbonyl (C=O) groups is 1. The van der Waals surface area contributed by atoms with Gasteiger partial charge >= 0.3 is 0 Å². The highest BCUT2D eigenvalue weighted by atomic mass is 16.2. The molecule has 0 aromatic heterocycles. The summed E-state index contributed by atoms with van der Waals surface area (Å²) in [6.07, 6.45) is 3.61. The molecule has 3 heteroatoms. The van der Waals surface area contributed by atoms with E-state index in [1.54, 1.807) is 0 Å². The van der Waals surface area contributed by atoms with E-state index in [0.717, 1.165) is 13.0 Å². The minimum Gasteiger partial charge on any atom is -0.338 e. The van der Waals surface area contributed by atoms with Gasteiger partial charge < -0.3 is 10.2 Å². The standard InChI is InChI=1S/C13H24N2O/c1-12(2)5-10-6-13(3,8-12)9-15(10)11(16)7-14-4/h10,14H,5-9H2,1-4H3. The maximum Gasteiger partial charge on any atom is 0.236 e. The van der Waals surface area contributed by atoms with E-state index in [4.69, 9.17) is 0 Å². The van der Waals surface area contributed by atoms with E-state index in [0.29, 0.717) is 23.4 Å². The number of nitrogens with zero attached hydrogens (tertiary/aromatic N) is 1. The van der Waals surface area contributed by atoms with E-state index < -0.39 is 0 Å². The molecule has 2 atom stereocenters. The molecule has 1 N–H and O–H groups in total. The van der Waals surface area contributed by atoms with Gasteiger partial charge in [0.05, 0.1) is 6.54 Å². The van der Waals surface area contributed by atoms with Gasteiger partial charge in [-0.25, -0.2) is 0 Å². The minimum atomic E-state index is 0.272. The van der Waals surface area contributed by atoms with Gasteiger partial charge in [-0.3, -0.25) is 4.79 Å². The normalized spacial score (nSPS) is 36.5. The smallest absolute Gasteiger partial charge is 0.236 e. The predicted molar refractivity (Wildman–Crippen MR) is 65.2 cm³/mol. The Morgan fingerprint density at radius 1 is 1.38 bits per heavy atom. The zero-order valence-corrected chi connectivity index (χ0v) is 11.0. The molecule has 0 aromatic rings. The van der Waals surface area contributed by atoms with E-state index in [-0.39, 0.29) is 5.91 Å². The van der Waals surface area contributed by atoms with Crippen LogP contribution in [0.4, 0.5) is 0 Å². The number of rotatable bonds is 2. The highest BCUT2D eigenvalue weighted by Gasteiger charge is 2.50. The number of hydrogen-bond acceptors (Lipinski definition) is 2. The fourth-order valence-corrected chi connectivity index (χ4v) is 4.00. The summed E-state index contributed by atoms with van der Waals surface area (Å²) in [5.74, 6) is 0.272. The maximum atomic E-state index is 12.0. The Morgan fingerprint density at radius 2 is 2.06 bits per heavy atom. The van der Waals surface area contributed by atoms with Crippen LogP contribution in [0.2, 0.25) is 0 Å². The van der Waals surface area contributed by atoms with E-state index in [2.05, 4.69) is 31.0 Å². The maximum absolute atomic E-state index is 12.0. The van der Waals surface area contributed by atoms with Crippen LogP contribution < -0.4 is 5.32 Å². The Labute approximate surface area is 98.6 Å². The van der Waals surface area contributed by atoms with Gasteiger partial charge in [-0.1, -0.05) is 20.8 Å². The molecular weight excluding hydrogens is 200 g/mol. The largest absolute Gasteiger partial charge is 0.338 e. The van der Waals surface area contributed by atoms with Crippen molar-refractivity contribution in [3.05, 3.63) is 0 Å². The molecule has 1 heterocycles. The number of nitrogens with one attached hydrogen (secondary N) is 1. The monoisotopic (exact) mass is 224 g/mol. The third-order valence-electron chi connectivity index (χ3n) is 4.06. The van der Waals surface area contributed by atoms with Gasteiger partial charge in [0.2, 0.25) is 5.91 Å². The molecule has 0 spiro atoms. The Kier molecular flexibility index (Phi) is 2.77. The van der Waals surface area contributed by atoms with E-state index in [1.807, 2.05) is 7.05 Å². The van der Waals surface area contributed by atoms with Gasteiger partial charge in [0.15, 0.2) is 0 Å². The van der Waals surface area contributed by atoms with Crippen LogP contribution in [0.15, 0.2) is 0 Å². The van der Waals surface area contributed by atoms with Gasteiger partial charge in [-0.2, -0.15) is 0 Å².